The molecule has 1 saturated carbocycles. The summed E-state index contributed by atoms with van der Waals surface area (Å²) in [5, 5.41) is 26.5. The molecule has 3 aromatic heterocycles. The van der Waals surface area contributed by atoms with Crippen LogP contribution in [0.4, 0.5) is 24.7 Å². The van der Waals surface area contributed by atoms with E-state index in [9.17, 15) is 28.3 Å². The van der Waals surface area contributed by atoms with Crippen molar-refractivity contribution in [3.63, 3.8) is 0 Å². The van der Waals surface area contributed by atoms with E-state index in [0.717, 1.165) is 12.8 Å². The lowest BCUT2D eigenvalue weighted by atomic mass is 10.0. The Kier molecular flexibility index (Phi) is 4.79. The van der Waals surface area contributed by atoms with Gasteiger partial charge in [-0.1, -0.05) is 0 Å². The van der Waals surface area contributed by atoms with Crippen molar-refractivity contribution >= 4 is 22.9 Å². The van der Waals surface area contributed by atoms with Crippen LogP contribution in [0, 0.1) is 17.2 Å². The van der Waals surface area contributed by atoms with Crippen molar-refractivity contribution in [1.82, 2.24) is 14.6 Å². The van der Waals surface area contributed by atoms with E-state index in [1.165, 1.54) is 17.2 Å². The number of anilines is 2. The number of amides is 1. The van der Waals surface area contributed by atoms with Gasteiger partial charge in [-0.25, -0.2) is 9.50 Å². The SMILES string of the molecule is N#Cc1cc(-c2ccn3nc(NC(=O)C4CC4)cc3c2)c(N2CCC(O)(C(F)(F)F)C2)cn1. The topological polar surface area (TPSA) is 107 Å². The van der Waals surface area contributed by atoms with E-state index in [-0.39, 0.29) is 24.1 Å². The van der Waals surface area contributed by atoms with Gasteiger partial charge in [-0.2, -0.15) is 23.5 Å². The number of nitrogens with zero attached hydrogens (tertiary/aromatic N) is 5. The first-order valence-corrected chi connectivity index (χ1v) is 10.4. The molecule has 1 unspecified atom stereocenters. The Hall–Kier alpha value is -3.65. The van der Waals surface area contributed by atoms with Gasteiger partial charge >= 0.3 is 6.18 Å². The molecule has 0 bridgehead atoms. The second-order valence-corrected chi connectivity index (χ2v) is 8.48. The molecule has 170 valence electrons. The van der Waals surface area contributed by atoms with Crippen molar-refractivity contribution in [1.29, 1.82) is 5.26 Å². The molecular weight excluding hydrogens is 437 g/mol. The normalized spacial score (nSPS) is 20.8. The van der Waals surface area contributed by atoms with Crippen molar-refractivity contribution in [2.75, 3.05) is 23.3 Å². The Labute approximate surface area is 186 Å². The number of aromatic nitrogens is 3. The molecule has 4 heterocycles. The molecule has 33 heavy (non-hydrogen) atoms. The van der Waals surface area contributed by atoms with Crippen LogP contribution in [0.2, 0.25) is 0 Å². The van der Waals surface area contributed by atoms with Gasteiger partial charge in [0.2, 0.25) is 5.91 Å². The number of hydrogen-bond donors (Lipinski definition) is 2. The summed E-state index contributed by atoms with van der Waals surface area (Å²) in [5.74, 6) is 0.372. The molecule has 0 spiro atoms. The average Bonchev–Trinajstić information content (AvgIpc) is 3.44. The second-order valence-electron chi connectivity index (χ2n) is 8.48. The molecule has 0 aromatic carbocycles. The van der Waals surface area contributed by atoms with Crippen LogP contribution in [-0.4, -0.2) is 50.5 Å². The molecule has 0 radical (unpaired) electrons. The molecule has 1 aliphatic heterocycles. The number of nitrogens with one attached hydrogen (secondary N) is 1. The number of fused-ring (bicyclic) bond motifs is 1. The van der Waals surface area contributed by atoms with Crippen LogP contribution in [0.25, 0.3) is 16.6 Å². The smallest absolute Gasteiger partial charge is 0.379 e. The minimum Gasteiger partial charge on any atom is -0.379 e. The standard InChI is InChI=1S/C22H19F3N6O2/c23-22(24,25)21(33)4-6-30(12-21)18-11-27-15(10-26)8-17(18)14-3-5-31-16(7-14)9-19(29-31)28-20(32)13-1-2-13/h3,5,7-9,11,13,33H,1-2,4,6,12H2,(H,28,29,32). The monoisotopic (exact) mass is 456 g/mol. The van der Waals surface area contributed by atoms with Gasteiger partial charge in [-0.05, 0) is 36.6 Å². The molecule has 1 aliphatic carbocycles. The molecule has 2 N–H and O–H groups in total. The van der Waals surface area contributed by atoms with Gasteiger partial charge in [-0.3, -0.25) is 4.79 Å². The third-order valence-electron chi connectivity index (χ3n) is 6.09. The summed E-state index contributed by atoms with van der Waals surface area (Å²) in [6, 6.07) is 8.66. The highest BCUT2D eigenvalue weighted by Crippen LogP contribution is 2.41. The van der Waals surface area contributed by atoms with Crippen molar-refractivity contribution in [2.24, 2.45) is 5.92 Å². The number of pyridine rings is 2. The fraction of sp³-hybridized carbons (Fsp3) is 0.364. The third-order valence-corrected chi connectivity index (χ3v) is 6.09. The quantitative estimate of drug-likeness (QED) is 0.625. The van der Waals surface area contributed by atoms with Crippen LogP contribution < -0.4 is 10.2 Å². The highest BCUT2D eigenvalue weighted by atomic mass is 19.4. The van der Waals surface area contributed by atoms with Crippen LogP contribution in [0.5, 0.6) is 0 Å². The number of aliphatic hydroxyl groups is 1. The lowest BCUT2D eigenvalue weighted by Gasteiger charge is -2.27. The fourth-order valence-corrected chi connectivity index (χ4v) is 4.02. The summed E-state index contributed by atoms with van der Waals surface area (Å²) in [6.45, 7) is -0.633. The van der Waals surface area contributed by atoms with Crippen LogP contribution in [0.3, 0.4) is 0 Å². The Morgan fingerprint density at radius 2 is 2.09 bits per heavy atom. The van der Waals surface area contributed by atoms with Crippen molar-refractivity contribution in [2.45, 2.75) is 31.0 Å². The predicted octanol–water partition coefficient (Wildman–Crippen LogP) is 3.12. The van der Waals surface area contributed by atoms with Gasteiger partial charge in [0.25, 0.3) is 0 Å². The Balaban J connectivity index is 1.50. The van der Waals surface area contributed by atoms with E-state index >= 15 is 0 Å². The Morgan fingerprint density at radius 3 is 2.76 bits per heavy atom. The molecule has 1 saturated heterocycles. The van der Waals surface area contributed by atoms with E-state index in [0.29, 0.717) is 28.1 Å². The first-order chi connectivity index (χ1) is 15.7. The van der Waals surface area contributed by atoms with E-state index in [2.05, 4.69) is 15.4 Å². The zero-order chi connectivity index (χ0) is 23.4. The number of β-amino-alcohol motifs (C(OH)–C–C–N with tert-alkyl or cyclic N) is 1. The lowest BCUT2D eigenvalue weighted by molar-refractivity contribution is -0.250. The molecule has 3 aromatic rings. The predicted molar refractivity (Wildman–Crippen MR) is 112 cm³/mol. The van der Waals surface area contributed by atoms with E-state index < -0.39 is 24.7 Å². The maximum absolute atomic E-state index is 13.3. The van der Waals surface area contributed by atoms with Crippen LogP contribution in [-0.2, 0) is 4.79 Å². The lowest BCUT2D eigenvalue weighted by Crippen LogP contribution is -2.47. The first-order valence-electron chi connectivity index (χ1n) is 10.4. The van der Waals surface area contributed by atoms with E-state index in [4.69, 9.17) is 0 Å². The van der Waals surface area contributed by atoms with Gasteiger partial charge in [0.05, 0.1) is 23.9 Å². The number of rotatable bonds is 4. The van der Waals surface area contributed by atoms with Crippen molar-refractivity contribution in [3.05, 3.63) is 42.4 Å². The molecule has 2 fully saturated rings. The first kappa shape index (κ1) is 21.2. The Bertz CT molecular complexity index is 1290. The molecule has 8 nitrogen and oxygen atoms in total. The second kappa shape index (κ2) is 7.45. The van der Waals surface area contributed by atoms with Gasteiger partial charge in [0, 0.05) is 36.7 Å². The van der Waals surface area contributed by atoms with Crippen molar-refractivity contribution < 1.29 is 23.1 Å². The number of carbonyl (C=O) groups excluding carboxylic acids is 1. The number of alkyl halides is 3. The van der Waals surface area contributed by atoms with Gasteiger partial charge in [-0.15, -0.1) is 0 Å². The van der Waals surface area contributed by atoms with Gasteiger partial charge in [0.15, 0.2) is 11.4 Å². The highest BCUT2D eigenvalue weighted by Gasteiger charge is 2.57. The summed E-state index contributed by atoms with van der Waals surface area (Å²) in [4.78, 5) is 17.5. The number of nitriles is 1. The summed E-state index contributed by atoms with van der Waals surface area (Å²) >= 11 is 0. The zero-order valence-electron chi connectivity index (χ0n) is 17.3. The van der Waals surface area contributed by atoms with Crippen LogP contribution in [0.1, 0.15) is 25.0 Å². The minimum atomic E-state index is -4.75. The zero-order valence-corrected chi connectivity index (χ0v) is 17.3. The highest BCUT2D eigenvalue weighted by molar-refractivity contribution is 5.94. The molecular formula is C22H19F3N6O2. The van der Waals surface area contributed by atoms with E-state index in [1.54, 1.807) is 28.9 Å². The molecule has 1 amide bonds. The average molecular weight is 456 g/mol. The maximum Gasteiger partial charge on any atom is 0.418 e. The van der Waals surface area contributed by atoms with Gasteiger partial charge < -0.3 is 15.3 Å². The summed E-state index contributed by atoms with van der Waals surface area (Å²) < 4.78 is 41.5. The molecule has 5 rings (SSSR count). The minimum absolute atomic E-state index is 0.0110. The van der Waals surface area contributed by atoms with E-state index in [1.807, 2.05) is 6.07 Å². The molecule has 11 heteroatoms. The summed E-state index contributed by atoms with van der Waals surface area (Å²) in [7, 11) is 0. The molecule has 2 aliphatic rings. The number of halogens is 3. The molecule has 1 atom stereocenters. The fourth-order valence-electron chi connectivity index (χ4n) is 4.02. The number of hydrogen-bond acceptors (Lipinski definition) is 6. The Morgan fingerprint density at radius 1 is 1.30 bits per heavy atom. The maximum atomic E-state index is 13.3. The van der Waals surface area contributed by atoms with Crippen LogP contribution in [0.15, 0.2) is 36.7 Å². The van der Waals surface area contributed by atoms with Crippen molar-refractivity contribution in [3.8, 4) is 17.2 Å². The van der Waals surface area contributed by atoms with Gasteiger partial charge in [0.1, 0.15) is 11.8 Å². The van der Waals surface area contributed by atoms with Crippen LogP contribution >= 0.6 is 0 Å². The third kappa shape index (κ3) is 3.87. The summed E-state index contributed by atoms with van der Waals surface area (Å²) in [6.07, 6.45) is -0.437. The largest absolute Gasteiger partial charge is 0.418 e. The number of carbonyl (C=O) groups is 1. The summed E-state index contributed by atoms with van der Waals surface area (Å²) in [5.41, 5.74) is -0.486.